The number of nitro groups is 1. The number of ether oxygens (including phenoxy) is 1. The molecule has 0 bridgehead atoms. The maximum atomic E-state index is 12.3. The van der Waals surface area contributed by atoms with Gasteiger partial charge in [-0.1, -0.05) is 6.07 Å². The molecule has 0 fully saturated rings. The van der Waals surface area contributed by atoms with Gasteiger partial charge in [0.15, 0.2) is 0 Å². The summed E-state index contributed by atoms with van der Waals surface area (Å²) in [6, 6.07) is 10.3. The smallest absolute Gasteiger partial charge is 0.270 e. The number of sulfonamides is 1. The number of fused-ring (bicyclic) bond motifs is 1. The number of rotatable bonds is 6. The van der Waals surface area contributed by atoms with E-state index in [1.165, 1.54) is 29.5 Å². The summed E-state index contributed by atoms with van der Waals surface area (Å²) in [5.41, 5.74) is 0.463. The summed E-state index contributed by atoms with van der Waals surface area (Å²) in [6.45, 7) is -0.00725. The number of thiazole rings is 1. The van der Waals surface area contributed by atoms with Crippen molar-refractivity contribution in [3.63, 3.8) is 0 Å². The lowest BCUT2D eigenvalue weighted by Crippen LogP contribution is -2.23. The summed E-state index contributed by atoms with van der Waals surface area (Å²) in [5.74, 6) is 0.694. The number of hydrogen-bond acceptors (Lipinski definition) is 7. The molecule has 0 radical (unpaired) electrons. The number of hydrogen-bond donors (Lipinski definition) is 1. The zero-order valence-electron chi connectivity index (χ0n) is 13.0. The average molecular weight is 379 g/mol. The Hall–Kier alpha value is -2.56. The van der Waals surface area contributed by atoms with Crippen molar-refractivity contribution >= 4 is 37.3 Å². The molecule has 3 rings (SSSR count). The van der Waals surface area contributed by atoms with Crippen LogP contribution in [0.5, 0.6) is 5.75 Å². The molecule has 25 heavy (non-hydrogen) atoms. The third-order valence-corrected chi connectivity index (χ3v) is 5.81. The molecule has 2 aromatic carbocycles. The van der Waals surface area contributed by atoms with Crippen molar-refractivity contribution in [1.82, 2.24) is 9.71 Å². The van der Waals surface area contributed by atoms with E-state index in [0.29, 0.717) is 10.8 Å². The van der Waals surface area contributed by atoms with Gasteiger partial charge in [-0.25, -0.2) is 18.1 Å². The van der Waals surface area contributed by atoms with Crippen molar-refractivity contribution < 1.29 is 18.1 Å². The van der Waals surface area contributed by atoms with Crippen LogP contribution in [-0.2, 0) is 16.6 Å². The van der Waals surface area contributed by atoms with E-state index in [1.807, 2.05) is 6.07 Å². The largest absolute Gasteiger partial charge is 0.497 e. The Morgan fingerprint density at radius 1 is 1.28 bits per heavy atom. The van der Waals surface area contributed by atoms with Crippen LogP contribution in [0.1, 0.15) is 5.01 Å². The Bertz CT molecular complexity index is 1050. The topological polar surface area (TPSA) is 111 Å². The van der Waals surface area contributed by atoms with Gasteiger partial charge >= 0.3 is 0 Å². The monoisotopic (exact) mass is 379 g/mol. The summed E-state index contributed by atoms with van der Waals surface area (Å²) >= 11 is 1.34. The standard InChI is InChI=1S/C15H13N3O5S2/c1-23-11-5-6-13-14(8-11)24-15(17-13)9-16-25(21,22)12-4-2-3-10(7-12)18(19)20/h2-8,16H,9H2,1H3. The third kappa shape index (κ3) is 3.76. The van der Waals surface area contributed by atoms with Gasteiger partial charge in [-0.15, -0.1) is 11.3 Å². The van der Waals surface area contributed by atoms with E-state index in [1.54, 1.807) is 19.2 Å². The van der Waals surface area contributed by atoms with E-state index in [9.17, 15) is 18.5 Å². The van der Waals surface area contributed by atoms with Gasteiger partial charge < -0.3 is 4.74 Å². The van der Waals surface area contributed by atoms with Crippen LogP contribution in [0.15, 0.2) is 47.4 Å². The zero-order valence-corrected chi connectivity index (χ0v) is 14.6. The first-order chi connectivity index (χ1) is 11.9. The van der Waals surface area contributed by atoms with E-state index < -0.39 is 14.9 Å². The fourth-order valence-electron chi connectivity index (χ4n) is 2.16. The Balaban J connectivity index is 1.80. The first-order valence-electron chi connectivity index (χ1n) is 7.06. The molecule has 1 N–H and O–H groups in total. The van der Waals surface area contributed by atoms with Gasteiger partial charge in [-0.05, 0) is 24.3 Å². The highest BCUT2D eigenvalue weighted by molar-refractivity contribution is 7.89. The molecule has 0 amide bonds. The molecule has 0 aliphatic rings. The van der Waals surface area contributed by atoms with Gasteiger partial charge in [0.1, 0.15) is 10.8 Å². The Morgan fingerprint density at radius 3 is 2.80 bits per heavy atom. The second kappa shape index (κ2) is 6.75. The minimum atomic E-state index is -3.88. The molecule has 0 spiro atoms. The third-order valence-electron chi connectivity index (χ3n) is 3.39. The lowest BCUT2D eigenvalue weighted by atomic mass is 10.3. The SMILES string of the molecule is COc1ccc2nc(CNS(=O)(=O)c3cccc([N+](=O)[O-])c3)sc2c1. The summed E-state index contributed by atoms with van der Waals surface area (Å²) in [4.78, 5) is 14.3. The van der Waals surface area contributed by atoms with Crippen molar-refractivity contribution in [2.45, 2.75) is 11.4 Å². The molecule has 8 nitrogen and oxygen atoms in total. The average Bonchev–Trinajstić information content (AvgIpc) is 3.02. The highest BCUT2D eigenvalue weighted by Crippen LogP contribution is 2.26. The van der Waals surface area contributed by atoms with Crippen LogP contribution >= 0.6 is 11.3 Å². The minimum absolute atomic E-state index is 0.00725. The Morgan fingerprint density at radius 2 is 2.08 bits per heavy atom. The van der Waals surface area contributed by atoms with Gasteiger partial charge in [-0.2, -0.15) is 0 Å². The molecular weight excluding hydrogens is 366 g/mol. The first kappa shape index (κ1) is 17.3. The summed E-state index contributed by atoms with van der Waals surface area (Å²) in [5, 5.41) is 11.4. The van der Waals surface area contributed by atoms with Crippen LogP contribution in [-0.4, -0.2) is 25.4 Å². The van der Waals surface area contributed by atoms with Gasteiger partial charge in [0.05, 0.1) is 33.7 Å². The normalized spacial score (nSPS) is 11.6. The highest BCUT2D eigenvalue weighted by Gasteiger charge is 2.18. The Kier molecular flexibility index (Phi) is 4.66. The zero-order chi connectivity index (χ0) is 18.0. The molecule has 3 aromatic rings. The molecule has 0 unspecified atom stereocenters. The summed E-state index contributed by atoms with van der Waals surface area (Å²) < 4.78 is 33.1. The molecule has 0 aliphatic heterocycles. The van der Waals surface area contributed by atoms with Crippen molar-refractivity contribution in [3.05, 3.63) is 57.6 Å². The molecule has 0 saturated carbocycles. The minimum Gasteiger partial charge on any atom is -0.497 e. The Labute approximate surface area is 147 Å². The maximum Gasteiger partial charge on any atom is 0.270 e. The van der Waals surface area contributed by atoms with Gasteiger partial charge in [-0.3, -0.25) is 10.1 Å². The van der Waals surface area contributed by atoms with E-state index in [0.717, 1.165) is 16.3 Å². The predicted molar refractivity (Wildman–Crippen MR) is 93.3 cm³/mol. The van der Waals surface area contributed by atoms with Crippen molar-refractivity contribution in [3.8, 4) is 5.75 Å². The van der Waals surface area contributed by atoms with Crippen molar-refractivity contribution in [2.75, 3.05) is 7.11 Å². The van der Waals surface area contributed by atoms with Crippen LogP contribution in [0.3, 0.4) is 0 Å². The molecule has 0 aliphatic carbocycles. The fraction of sp³-hybridized carbons (Fsp3) is 0.133. The summed E-state index contributed by atoms with van der Waals surface area (Å²) in [7, 11) is -2.31. The van der Waals surface area contributed by atoms with E-state index >= 15 is 0 Å². The molecule has 0 saturated heterocycles. The van der Waals surface area contributed by atoms with E-state index in [4.69, 9.17) is 4.74 Å². The number of non-ortho nitro benzene ring substituents is 1. The maximum absolute atomic E-state index is 12.3. The number of methoxy groups -OCH3 is 1. The van der Waals surface area contributed by atoms with Gasteiger partial charge in [0.25, 0.3) is 5.69 Å². The molecule has 1 heterocycles. The van der Waals surface area contributed by atoms with Crippen LogP contribution in [0, 0.1) is 10.1 Å². The van der Waals surface area contributed by atoms with Crippen LogP contribution in [0.4, 0.5) is 5.69 Å². The number of nitro benzene ring substituents is 1. The number of benzene rings is 2. The van der Waals surface area contributed by atoms with E-state index in [-0.39, 0.29) is 17.1 Å². The number of nitrogens with one attached hydrogen (secondary N) is 1. The molecule has 10 heteroatoms. The van der Waals surface area contributed by atoms with E-state index in [2.05, 4.69) is 9.71 Å². The lowest BCUT2D eigenvalue weighted by Gasteiger charge is -2.04. The molecule has 130 valence electrons. The lowest BCUT2D eigenvalue weighted by molar-refractivity contribution is -0.385. The fourth-order valence-corrected chi connectivity index (χ4v) is 4.21. The van der Waals surface area contributed by atoms with Crippen LogP contribution < -0.4 is 9.46 Å². The van der Waals surface area contributed by atoms with Gasteiger partial charge in [0, 0.05) is 12.1 Å². The number of aromatic nitrogens is 1. The van der Waals surface area contributed by atoms with Crippen LogP contribution in [0.25, 0.3) is 10.2 Å². The second-order valence-electron chi connectivity index (χ2n) is 5.02. The molecule has 1 aromatic heterocycles. The predicted octanol–water partition coefficient (Wildman–Crippen LogP) is 2.69. The number of nitrogens with zero attached hydrogens (tertiary/aromatic N) is 2. The first-order valence-corrected chi connectivity index (χ1v) is 9.36. The quantitative estimate of drug-likeness (QED) is 0.521. The second-order valence-corrected chi connectivity index (χ2v) is 7.90. The van der Waals surface area contributed by atoms with Crippen molar-refractivity contribution in [2.24, 2.45) is 0 Å². The molecule has 0 atom stereocenters. The van der Waals surface area contributed by atoms with Crippen LogP contribution in [0.2, 0.25) is 0 Å². The van der Waals surface area contributed by atoms with Crippen molar-refractivity contribution in [1.29, 1.82) is 0 Å². The summed E-state index contributed by atoms with van der Waals surface area (Å²) in [6.07, 6.45) is 0. The highest BCUT2D eigenvalue weighted by atomic mass is 32.2. The molecular formula is C15H13N3O5S2. The van der Waals surface area contributed by atoms with Gasteiger partial charge in [0.2, 0.25) is 10.0 Å².